The lowest BCUT2D eigenvalue weighted by molar-refractivity contribution is 0.414. The molecule has 1 atom stereocenters. The minimum atomic E-state index is -1.51. The van der Waals surface area contributed by atoms with E-state index < -0.39 is 23.5 Å². The molecule has 5 heteroatoms. The number of benzene rings is 2. The Bertz CT molecular complexity index is 584. The van der Waals surface area contributed by atoms with Crippen LogP contribution in [0.3, 0.4) is 0 Å². The van der Waals surface area contributed by atoms with Crippen molar-refractivity contribution < 1.29 is 17.9 Å². The van der Waals surface area contributed by atoms with Crippen LogP contribution in [-0.2, 0) is 0 Å². The summed E-state index contributed by atoms with van der Waals surface area (Å²) in [6, 6.07) is 7.73. The Labute approximate surface area is 108 Å². The van der Waals surface area contributed by atoms with Gasteiger partial charge in [0.05, 0.1) is 13.2 Å². The second-order valence-corrected chi connectivity index (χ2v) is 4.02. The molecule has 2 nitrogen and oxygen atoms in total. The zero-order valence-electron chi connectivity index (χ0n) is 10.2. The smallest absolute Gasteiger partial charge is 0.194 e. The molecule has 2 aromatic carbocycles. The maximum Gasteiger partial charge on any atom is 0.194 e. The molecule has 0 spiro atoms. The van der Waals surface area contributed by atoms with Gasteiger partial charge < -0.3 is 10.5 Å². The van der Waals surface area contributed by atoms with Crippen molar-refractivity contribution in [3.8, 4) is 5.75 Å². The Balaban J connectivity index is 2.38. The highest BCUT2D eigenvalue weighted by Crippen LogP contribution is 2.26. The van der Waals surface area contributed by atoms with E-state index in [9.17, 15) is 13.2 Å². The van der Waals surface area contributed by atoms with Crippen LogP contribution in [0.5, 0.6) is 5.75 Å². The van der Waals surface area contributed by atoms with Crippen molar-refractivity contribution in [2.45, 2.75) is 6.04 Å². The van der Waals surface area contributed by atoms with E-state index in [1.807, 2.05) is 0 Å². The van der Waals surface area contributed by atoms with E-state index >= 15 is 0 Å². The molecular formula is C14H12F3NO. The van der Waals surface area contributed by atoms with Crippen LogP contribution < -0.4 is 10.5 Å². The number of rotatable bonds is 3. The van der Waals surface area contributed by atoms with Crippen LogP contribution in [0.25, 0.3) is 0 Å². The molecule has 2 aromatic rings. The topological polar surface area (TPSA) is 35.2 Å². The van der Waals surface area contributed by atoms with Gasteiger partial charge in [-0.05, 0) is 23.8 Å². The molecule has 0 bridgehead atoms. The normalized spacial score (nSPS) is 12.3. The average Bonchev–Trinajstić information content (AvgIpc) is 2.44. The highest BCUT2D eigenvalue weighted by molar-refractivity contribution is 5.36. The molecule has 0 aliphatic carbocycles. The second-order valence-electron chi connectivity index (χ2n) is 4.02. The maximum atomic E-state index is 13.6. The van der Waals surface area contributed by atoms with Crippen molar-refractivity contribution in [1.29, 1.82) is 0 Å². The minimum Gasteiger partial charge on any atom is -0.497 e. The summed E-state index contributed by atoms with van der Waals surface area (Å²) >= 11 is 0. The summed E-state index contributed by atoms with van der Waals surface area (Å²) < 4.78 is 44.6. The van der Waals surface area contributed by atoms with Crippen molar-refractivity contribution >= 4 is 0 Å². The minimum absolute atomic E-state index is 0.0935. The van der Waals surface area contributed by atoms with Crippen LogP contribution in [0.2, 0.25) is 0 Å². The first kappa shape index (κ1) is 13.4. The van der Waals surface area contributed by atoms with Gasteiger partial charge in [0, 0.05) is 5.56 Å². The number of hydrogen-bond acceptors (Lipinski definition) is 2. The van der Waals surface area contributed by atoms with Gasteiger partial charge in [-0.2, -0.15) is 0 Å². The van der Waals surface area contributed by atoms with Crippen LogP contribution in [0.4, 0.5) is 13.2 Å². The molecule has 0 fully saturated rings. The van der Waals surface area contributed by atoms with Crippen molar-refractivity contribution in [3.63, 3.8) is 0 Å². The van der Waals surface area contributed by atoms with E-state index in [1.165, 1.54) is 7.11 Å². The predicted octanol–water partition coefficient (Wildman–Crippen LogP) is 3.16. The number of ether oxygens (including phenoxy) is 1. The molecule has 0 aliphatic heterocycles. The standard InChI is InChI=1S/C14H12F3NO/c1-19-9-4-2-8(3-5-9)14(18)10-6-7-11(15)13(17)12(10)16/h2-7,14H,18H2,1H3. The molecule has 0 radical (unpaired) electrons. The summed E-state index contributed by atoms with van der Waals surface area (Å²) in [6.07, 6.45) is 0. The fourth-order valence-electron chi connectivity index (χ4n) is 1.77. The van der Waals surface area contributed by atoms with Gasteiger partial charge in [-0.3, -0.25) is 0 Å². The third kappa shape index (κ3) is 2.56. The summed E-state index contributed by atoms with van der Waals surface area (Å²) in [5.41, 5.74) is 6.34. The molecule has 0 amide bonds. The van der Waals surface area contributed by atoms with Gasteiger partial charge in [0.25, 0.3) is 0 Å². The van der Waals surface area contributed by atoms with E-state index in [1.54, 1.807) is 24.3 Å². The number of methoxy groups -OCH3 is 1. The van der Waals surface area contributed by atoms with Crippen molar-refractivity contribution in [3.05, 3.63) is 65.0 Å². The summed E-state index contributed by atoms with van der Waals surface area (Å²) in [6.45, 7) is 0. The zero-order chi connectivity index (χ0) is 14.0. The highest BCUT2D eigenvalue weighted by atomic mass is 19.2. The Morgan fingerprint density at radius 2 is 1.58 bits per heavy atom. The Hall–Kier alpha value is -2.01. The van der Waals surface area contributed by atoms with Gasteiger partial charge in [0.1, 0.15) is 5.75 Å². The monoisotopic (exact) mass is 267 g/mol. The molecule has 0 saturated carbocycles. The largest absolute Gasteiger partial charge is 0.497 e. The number of nitrogens with two attached hydrogens (primary N) is 1. The summed E-state index contributed by atoms with van der Waals surface area (Å²) in [4.78, 5) is 0. The molecule has 100 valence electrons. The Morgan fingerprint density at radius 3 is 2.16 bits per heavy atom. The molecule has 0 aromatic heterocycles. The molecule has 2 N–H and O–H groups in total. The van der Waals surface area contributed by atoms with Gasteiger partial charge in [0.2, 0.25) is 0 Å². The molecule has 0 aliphatic rings. The predicted molar refractivity (Wildman–Crippen MR) is 65.3 cm³/mol. The van der Waals surface area contributed by atoms with Crippen molar-refractivity contribution in [2.75, 3.05) is 7.11 Å². The Morgan fingerprint density at radius 1 is 0.947 bits per heavy atom. The molecule has 1 unspecified atom stereocenters. The summed E-state index contributed by atoms with van der Waals surface area (Å²) in [7, 11) is 1.52. The van der Waals surface area contributed by atoms with Gasteiger partial charge in [-0.25, -0.2) is 13.2 Å². The first-order chi connectivity index (χ1) is 9.04. The van der Waals surface area contributed by atoms with E-state index in [2.05, 4.69) is 0 Å². The maximum absolute atomic E-state index is 13.6. The van der Waals surface area contributed by atoms with E-state index in [0.29, 0.717) is 11.3 Å². The fourth-order valence-corrected chi connectivity index (χ4v) is 1.77. The molecule has 19 heavy (non-hydrogen) atoms. The molecule has 0 saturated heterocycles. The molecule has 2 rings (SSSR count). The third-order valence-corrected chi connectivity index (χ3v) is 2.88. The van der Waals surface area contributed by atoms with E-state index in [-0.39, 0.29) is 5.56 Å². The number of halogens is 3. The lowest BCUT2D eigenvalue weighted by atomic mass is 9.99. The van der Waals surface area contributed by atoms with Crippen molar-refractivity contribution in [2.24, 2.45) is 5.73 Å². The van der Waals surface area contributed by atoms with Crippen LogP contribution in [-0.4, -0.2) is 7.11 Å². The summed E-state index contributed by atoms with van der Waals surface area (Å²) in [5.74, 6) is -3.38. The van der Waals surface area contributed by atoms with Crippen LogP contribution in [0.15, 0.2) is 36.4 Å². The zero-order valence-corrected chi connectivity index (χ0v) is 10.2. The van der Waals surface area contributed by atoms with Crippen LogP contribution in [0, 0.1) is 17.5 Å². The number of hydrogen-bond donors (Lipinski definition) is 1. The van der Waals surface area contributed by atoms with Gasteiger partial charge >= 0.3 is 0 Å². The lowest BCUT2D eigenvalue weighted by Gasteiger charge is -2.14. The van der Waals surface area contributed by atoms with Gasteiger partial charge in [0.15, 0.2) is 17.5 Å². The highest BCUT2D eigenvalue weighted by Gasteiger charge is 2.19. The van der Waals surface area contributed by atoms with Crippen LogP contribution >= 0.6 is 0 Å². The first-order valence-corrected chi connectivity index (χ1v) is 5.57. The van der Waals surface area contributed by atoms with Crippen LogP contribution in [0.1, 0.15) is 17.2 Å². The molecule has 0 heterocycles. The van der Waals surface area contributed by atoms with Gasteiger partial charge in [-0.1, -0.05) is 18.2 Å². The third-order valence-electron chi connectivity index (χ3n) is 2.88. The van der Waals surface area contributed by atoms with E-state index in [4.69, 9.17) is 10.5 Å². The molecular weight excluding hydrogens is 255 g/mol. The van der Waals surface area contributed by atoms with E-state index in [0.717, 1.165) is 12.1 Å². The summed E-state index contributed by atoms with van der Waals surface area (Å²) in [5, 5.41) is 0. The van der Waals surface area contributed by atoms with Crippen molar-refractivity contribution in [1.82, 2.24) is 0 Å². The lowest BCUT2D eigenvalue weighted by Crippen LogP contribution is -2.15. The quantitative estimate of drug-likeness (QED) is 0.867. The second kappa shape index (κ2) is 5.32. The first-order valence-electron chi connectivity index (χ1n) is 5.57. The SMILES string of the molecule is COc1ccc(C(N)c2ccc(F)c(F)c2F)cc1. The average molecular weight is 267 g/mol. The Kier molecular flexibility index (Phi) is 3.76. The van der Waals surface area contributed by atoms with Gasteiger partial charge in [-0.15, -0.1) is 0 Å². The fraction of sp³-hybridized carbons (Fsp3) is 0.143.